The van der Waals surface area contributed by atoms with Gasteiger partial charge in [-0.1, -0.05) is 11.6 Å². The van der Waals surface area contributed by atoms with Gasteiger partial charge in [-0.25, -0.2) is 4.79 Å². The maximum atomic E-state index is 10.7. The van der Waals surface area contributed by atoms with E-state index in [4.69, 9.17) is 11.6 Å². The van der Waals surface area contributed by atoms with E-state index in [0.29, 0.717) is 10.6 Å². The Kier molecular flexibility index (Phi) is 3.12. The molecule has 100 valence electrons. The lowest BCUT2D eigenvalue weighted by molar-refractivity contribution is 0.247. The summed E-state index contributed by atoms with van der Waals surface area (Å²) in [5, 5.41) is 10.8. The number of halogens is 1. The zero-order valence-corrected chi connectivity index (χ0v) is 11.5. The van der Waals surface area contributed by atoms with Crippen LogP contribution in [0, 0.1) is 0 Å². The molecule has 0 radical (unpaired) electrons. The fourth-order valence-electron chi connectivity index (χ4n) is 3.24. The van der Waals surface area contributed by atoms with Gasteiger partial charge in [0, 0.05) is 5.56 Å². The van der Waals surface area contributed by atoms with E-state index in [1.165, 1.54) is 5.56 Å². The van der Waals surface area contributed by atoms with E-state index in [0.717, 1.165) is 50.5 Å². The number of phenols is 1. The molecule has 3 nitrogen and oxygen atoms in total. The number of fused-ring (bicyclic) bond motifs is 1. The maximum Gasteiger partial charge on any atom is 0.235 e. The lowest BCUT2D eigenvalue weighted by atomic mass is 9.71. The van der Waals surface area contributed by atoms with Crippen LogP contribution < -0.4 is 0 Å². The van der Waals surface area contributed by atoms with Crippen LogP contribution in [0.5, 0.6) is 5.75 Å². The molecule has 0 bridgehead atoms. The Morgan fingerprint density at radius 1 is 1.26 bits per heavy atom. The first-order chi connectivity index (χ1) is 9.18. The van der Waals surface area contributed by atoms with Crippen LogP contribution in [0.25, 0.3) is 0 Å². The third kappa shape index (κ3) is 1.89. The van der Waals surface area contributed by atoms with Crippen molar-refractivity contribution in [3.8, 4) is 5.75 Å². The molecule has 0 aliphatic heterocycles. The number of aryl methyl sites for hydroxylation is 1. The summed E-state index contributed by atoms with van der Waals surface area (Å²) in [6.07, 6.45) is 8.41. The summed E-state index contributed by atoms with van der Waals surface area (Å²) in [5.74, 6) is 0.112. The summed E-state index contributed by atoms with van der Waals surface area (Å²) in [4.78, 5) is 14.6. The van der Waals surface area contributed by atoms with Crippen molar-refractivity contribution in [2.75, 3.05) is 0 Å². The van der Waals surface area contributed by atoms with E-state index in [2.05, 4.69) is 4.99 Å². The monoisotopic (exact) mass is 277 g/mol. The molecule has 0 unspecified atom stereocenters. The van der Waals surface area contributed by atoms with E-state index >= 15 is 0 Å². The maximum absolute atomic E-state index is 10.7. The molecule has 2 aliphatic rings. The topological polar surface area (TPSA) is 49.7 Å². The number of carbonyl (C=O) groups excluding carboxylic acids is 1. The van der Waals surface area contributed by atoms with Gasteiger partial charge in [0.2, 0.25) is 6.08 Å². The average molecular weight is 278 g/mol. The Labute approximate surface area is 117 Å². The highest BCUT2D eigenvalue weighted by Crippen LogP contribution is 2.51. The van der Waals surface area contributed by atoms with Crippen LogP contribution in [-0.4, -0.2) is 11.2 Å². The number of nitrogens with zero attached hydrogens (tertiary/aromatic N) is 1. The van der Waals surface area contributed by atoms with Gasteiger partial charge in [0.05, 0.1) is 5.02 Å². The number of rotatable bonds is 2. The van der Waals surface area contributed by atoms with Crippen molar-refractivity contribution in [1.82, 2.24) is 0 Å². The number of aliphatic imine (C=N–C) groups is 1. The van der Waals surface area contributed by atoms with Gasteiger partial charge in [-0.15, -0.1) is 0 Å². The highest BCUT2D eigenvalue weighted by Gasteiger charge is 2.42. The zero-order valence-electron chi connectivity index (χ0n) is 10.7. The molecule has 0 amide bonds. The molecule has 0 spiro atoms. The Morgan fingerprint density at radius 3 is 2.63 bits per heavy atom. The number of hydrogen-bond acceptors (Lipinski definition) is 3. The van der Waals surface area contributed by atoms with Gasteiger partial charge in [0.15, 0.2) is 0 Å². The third-order valence-corrected chi connectivity index (χ3v) is 4.91. The molecule has 1 N–H and O–H groups in total. The molecule has 3 rings (SSSR count). The Bertz CT molecular complexity index is 572. The second kappa shape index (κ2) is 4.66. The largest absolute Gasteiger partial charge is 0.506 e. The first kappa shape index (κ1) is 12.7. The molecule has 0 heterocycles. The fraction of sp³-hybridized carbons (Fsp3) is 0.533. The molecule has 4 heteroatoms. The summed E-state index contributed by atoms with van der Waals surface area (Å²) in [5.41, 5.74) is 2.41. The van der Waals surface area contributed by atoms with E-state index in [1.807, 2.05) is 6.07 Å². The number of hydrogen-bond donors (Lipinski definition) is 1. The predicted octanol–water partition coefficient (Wildman–Crippen LogP) is 3.64. The summed E-state index contributed by atoms with van der Waals surface area (Å²) in [7, 11) is 0. The highest BCUT2D eigenvalue weighted by molar-refractivity contribution is 6.33. The lowest BCUT2D eigenvalue weighted by Gasteiger charge is -2.38. The molecule has 1 saturated carbocycles. The Morgan fingerprint density at radius 2 is 2.00 bits per heavy atom. The van der Waals surface area contributed by atoms with Gasteiger partial charge < -0.3 is 5.11 Å². The SMILES string of the molecule is O=C=NC1(c2cc3c(c(Cl)c2O)CCCC3)CCC1. The number of isocyanates is 1. The van der Waals surface area contributed by atoms with Crippen LogP contribution in [0.2, 0.25) is 5.02 Å². The standard InChI is InChI=1S/C15H16ClNO2/c16-13-11-5-2-1-4-10(11)8-12(14(13)19)15(17-9-18)6-3-7-15/h8,19H,1-7H2. The summed E-state index contributed by atoms with van der Waals surface area (Å²) < 4.78 is 0. The van der Waals surface area contributed by atoms with Crippen molar-refractivity contribution in [3.63, 3.8) is 0 Å². The minimum absolute atomic E-state index is 0.112. The fourth-order valence-corrected chi connectivity index (χ4v) is 3.56. The quantitative estimate of drug-likeness (QED) is 0.663. The summed E-state index contributed by atoms with van der Waals surface area (Å²) in [6.45, 7) is 0. The number of phenolic OH excluding ortho intramolecular Hbond substituents is 1. The van der Waals surface area contributed by atoms with Crippen LogP contribution in [0.3, 0.4) is 0 Å². The van der Waals surface area contributed by atoms with E-state index in [-0.39, 0.29) is 5.75 Å². The molecular formula is C15H16ClNO2. The molecule has 0 atom stereocenters. The summed E-state index contributed by atoms with van der Waals surface area (Å²) in [6, 6.07) is 2.01. The van der Waals surface area contributed by atoms with Crippen LogP contribution in [0.1, 0.15) is 48.8 Å². The van der Waals surface area contributed by atoms with E-state index in [1.54, 1.807) is 6.08 Å². The smallest absolute Gasteiger partial charge is 0.235 e. The number of aromatic hydroxyl groups is 1. The normalized spacial score (nSPS) is 20.1. The first-order valence-corrected chi connectivity index (χ1v) is 7.18. The van der Waals surface area contributed by atoms with Gasteiger partial charge in [-0.3, -0.25) is 0 Å². The van der Waals surface area contributed by atoms with Gasteiger partial charge in [-0.2, -0.15) is 4.99 Å². The predicted molar refractivity (Wildman–Crippen MR) is 73.4 cm³/mol. The van der Waals surface area contributed by atoms with Crippen molar-refractivity contribution < 1.29 is 9.90 Å². The number of benzene rings is 1. The zero-order chi connectivity index (χ0) is 13.5. The molecule has 1 aromatic rings. The lowest BCUT2D eigenvalue weighted by Crippen LogP contribution is -2.32. The van der Waals surface area contributed by atoms with Crippen LogP contribution in [0.4, 0.5) is 0 Å². The Balaban J connectivity index is 2.16. The van der Waals surface area contributed by atoms with Crippen molar-refractivity contribution >= 4 is 17.7 Å². The van der Waals surface area contributed by atoms with Crippen molar-refractivity contribution in [2.45, 2.75) is 50.5 Å². The Hall–Kier alpha value is -1.31. The van der Waals surface area contributed by atoms with Gasteiger partial charge in [-0.05, 0) is 62.1 Å². The van der Waals surface area contributed by atoms with Crippen LogP contribution >= 0.6 is 11.6 Å². The summed E-state index contributed by atoms with van der Waals surface area (Å²) >= 11 is 6.31. The third-order valence-electron chi connectivity index (χ3n) is 4.50. The van der Waals surface area contributed by atoms with Gasteiger partial charge in [0.25, 0.3) is 0 Å². The highest BCUT2D eigenvalue weighted by atomic mass is 35.5. The van der Waals surface area contributed by atoms with Gasteiger partial charge in [0.1, 0.15) is 11.3 Å². The first-order valence-electron chi connectivity index (χ1n) is 6.81. The molecular weight excluding hydrogens is 262 g/mol. The van der Waals surface area contributed by atoms with Gasteiger partial charge >= 0.3 is 0 Å². The molecule has 0 aromatic heterocycles. The average Bonchev–Trinajstić information content (AvgIpc) is 2.38. The van der Waals surface area contributed by atoms with E-state index in [9.17, 15) is 9.90 Å². The molecule has 1 fully saturated rings. The van der Waals surface area contributed by atoms with E-state index < -0.39 is 5.54 Å². The molecule has 0 saturated heterocycles. The molecule has 19 heavy (non-hydrogen) atoms. The molecule has 2 aliphatic carbocycles. The minimum Gasteiger partial charge on any atom is -0.506 e. The van der Waals surface area contributed by atoms with Crippen molar-refractivity contribution in [3.05, 3.63) is 27.8 Å². The molecule has 1 aromatic carbocycles. The van der Waals surface area contributed by atoms with Crippen LogP contribution in [0.15, 0.2) is 11.1 Å². The van der Waals surface area contributed by atoms with Crippen molar-refractivity contribution in [1.29, 1.82) is 0 Å². The second-order valence-electron chi connectivity index (χ2n) is 5.52. The van der Waals surface area contributed by atoms with Crippen molar-refractivity contribution in [2.24, 2.45) is 4.99 Å². The second-order valence-corrected chi connectivity index (χ2v) is 5.90. The minimum atomic E-state index is -0.581. The van der Waals surface area contributed by atoms with Crippen LogP contribution in [-0.2, 0) is 23.2 Å².